The summed E-state index contributed by atoms with van der Waals surface area (Å²) in [6.07, 6.45) is 1.04. The highest BCUT2D eigenvalue weighted by atomic mass is 32.2. The molecule has 112 valence electrons. The molecule has 0 saturated heterocycles. The molecule has 0 fully saturated rings. The fraction of sp³-hybridized carbons (Fsp3) is 0.333. The van der Waals surface area contributed by atoms with Gasteiger partial charge in [-0.2, -0.15) is 0 Å². The number of nitrogens with one attached hydrogen (secondary N) is 1. The van der Waals surface area contributed by atoms with Gasteiger partial charge in [-0.15, -0.1) is 0 Å². The van der Waals surface area contributed by atoms with E-state index in [-0.39, 0.29) is 11.3 Å². The zero-order valence-corrected chi connectivity index (χ0v) is 13.7. The van der Waals surface area contributed by atoms with Crippen LogP contribution in [0.1, 0.15) is 31.0 Å². The largest absolute Gasteiger partial charge is 0.312 e. The summed E-state index contributed by atoms with van der Waals surface area (Å²) in [5, 5.41) is 3.32. The molecule has 2 aromatic rings. The third kappa shape index (κ3) is 3.80. The maximum atomic E-state index is 12.7. The lowest BCUT2D eigenvalue weighted by Gasteiger charge is -2.24. The molecule has 0 saturated carbocycles. The third-order valence-electron chi connectivity index (χ3n) is 3.84. The van der Waals surface area contributed by atoms with Crippen LogP contribution in [-0.4, -0.2) is 16.5 Å². The van der Waals surface area contributed by atoms with E-state index >= 15 is 0 Å². The molecule has 0 spiro atoms. The van der Waals surface area contributed by atoms with E-state index in [9.17, 15) is 4.21 Å². The standard InChI is InChI=1S/C18H23NOS/c1-4-15-10-12-16(13-11-15)18(19-3)14(2)21(20)17-8-6-5-7-9-17/h5-14,18-19H,4H2,1-3H3. The first-order valence-corrected chi connectivity index (χ1v) is 8.60. The molecular weight excluding hydrogens is 278 g/mol. The van der Waals surface area contributed by atoms with Crippen LogP contribution in [-0.2, 0) is 17.2 Å². The molecule has 0 aliphatic heterocycles. The minimum Gasteiger partial charge on any atom is -0.312 e. The first kappa shape index (κ1) is 15.9. The minimum absolute atomic E-state index is 0.00452. The number of aryl methyl sites for hydroxylation is 1. The van der Waals surface area contributed by atoms with Gasteiger partial charge in [-0.25, -0.2) is 0 Å². The van der Waals surface area contributed by atoms with Crippen LogP contribution in [0.3, 0.4) is 0 Å². The molecule has 0 amide bonds. The summed E-state index contributed by atoms with van der Waals surface area (Å²) in [7, 11) is 0.899. The van der Waals surface area contributed by atoms with Gasteiger partial charge in [0.2, 0.25) is 0 Å². The molecule has 2 rings (SSSR count). The van der Waals surface area contributed by atoms with Crippen molar-refractivity contribution in [1.82, 2.24) is 5.32 Å². The van der Waals surface area contributed by atoms with Crippen molar-refractivity contribution in [3.63, 3.8) is 0 Å². The molecule has 0 bridgehead atoms. The lowest BCUT2D eigenvalue weighted by atomic mass is 10.0. The Balaban J connectivity index is 2.21. The van der Waals surface area contributed by atoms with Crippen LogP contribution in [0.25, 0.3) is 0 Å². The predicted octanol–water partition coefficient (Wildman–Crippen LogP) is 3.71. The van der Waals surface area contributed by atoms with Crippen LogP contribution in [0.4, 0.5) is 0 Å². The smallest absolute Gasteiger partial charge is 0.0577 e. The Morgan fingerprint density at radius 2 is 1.67 bits per heavy atom. The lowest BCUT2D eigenvalue weighted by Crippen LogP contribution is -2.30. The van der Waals surface area contributed by atoms with Crippen molar-refractivity contribution in [2.24, 2.45) is 0 Å². The summed E-state index contributed by atoms with van der Waals surface area (Å²) in [5.74, 6) is 0. The molecule has 1 N–H and O–H groups in total. The van der Waals surface area contributed by atoms with Gasteiger partial charge in [-0.1, -0.05) is 49.4 Å². The Morgan fingerprint density at radius 1 is 1.05 bits per heavy atom. The van der Waals surface area contributed by atoms with Crippen LogP contribution in [0.2, 0.25) is 0 Å². The van der Waals surface area contributed by atoms with Crippen LogP contribution >= 0.6 is 0 Å². The maximum absolute atomic E-state index is 12.7. The van der Waals surface area contributed by atoms with Crippen LogP contribution < -0.4 is 5.32 Å². The fourth-order valence-electron chi connectivity index (χ4n) is 2.53. The molecule has 3 atom stereocenters. The number of hydrogen-bond acceptors (Lipinski definition) is 2. The van der Waals surface area contributed by atoms with Gasteiger partial charge in [0, 0.05) is 10.9 Å². The first-order chi connectivity index (χ1) is 10.2. The van der Waals surface area contributed by atoms with Gasteiger partial charge in [0.1, 0.15) is 0 Å². The Morgan fingerprint density at radius 3 is 2.19 bits per heavy atom. The van der Waals surface area contributed by atoms with Gasteiger partial charge in [0.15, 0.2) is 0 Å². The molecule has 0 radical (unpaired) electrons. The van der Waals surface area contributed by atoms with Crippen LogP contribution in [0, 0.1) is 0 Å². The van der Waals surface area contributed by atoms with Crippen molar-refractivity contribution in [1.29, 1.82) is 0 Å². The van der Waals surface area contributed by atoms with Crippen molar-refractivity contribution in [2.75, 3.05) is 7.05 Å². The molecular formula is C18H23NOS. The zero-order chi connectivity index (χ0) is 15.2. The molecule has 0 heterocycles. The van der Waals surface area contributed by atoms with Gasteiger partial charge in [0.25, 0.3) is 0 Å². The Labute approximate surface area is 130 Å². The van der Waals surface area contributed by atoms with E-state index in [1.54, 1.807) is 0 Å². The molecule has 0 aromatic heterocycles. The molecule has 2 nitrogen and oxygen atoms in total. The quantitative estimate of drug-likeness (QED) is 0.881. The average molecular weight is 301 g/mol. The summed E-state index contributed by atoms with van der Waals surface area (Å²) >= 11 is 0. The van der Waals surface area contributed by atoms with E-state index in [0.717, 1.165) is 11.3 Å². The highest BCUT2D eigenvalue weighted by Crippen LogP contribution is 2.24. The first-order valence-electron chi connectivity index (χ1n) is 7.39. The van der Waals surface area contributed by atoms with E-state index in [4.69, 9.17) is 0 Å². The summed E-state index contributed by atoms with van der Waals surface area (Å²) in [6.45, 7) is 4.19. The fourth-order valence-corrected chi connectivity index (χ4v) is 3.92. The molecule has 2 aromatic carbocycles. The highest BCUT2D eigenvalue weighted by Gasteiger charge is 2.23. The van der Waals surface area contributed by atoms with Crippen molar-refractivity contribution in [2.45, 2.75) is 36.5 Å². The highest BCUT2D eigenvalue weighted by molar-refractivity contribution is 7.85. The SMILES string of the molecule is CCc1ccc(C(NC)C(C)S(=O)c2ccccc2)cc1. The number of rotatable bonds is 6. The summed E-state index contributed by atoms with van der Waals surface area (Å²) in [4.78, 5) is 0.885. The topological polar surface area (TPSA) is 29.1 Å². The van der Waals surface area contributed by atoms with E-state index < -0.39 is 10.8 Å². The normalized spacial score (nSPS) is 15.4. The van der Waals surface area contributed by atoms with E-state index in [0.29, 0.717) is 0 Å². The van der Waals surface area contributed by atoms with Crippen LogP contribution in [0.15, 0.2) is 59.5 Å². The summed E-state index contributed by atoms with van der Waals surface area (Å²) in [6, 6.07) is 18.3. The molecule has 0 aliphatic rings. The predicted molar refractivity (Wildman–Crippen MR) is 89.9 cm³/mol. The van der Waals surface area contributed by atoms with Crippen molar-refractivity contribution in [3.8, 4) is 0 Å². The molecule has 0 aliphatic carbocycles. The van der Waals surface area contributed by atoms with Crippen molar-refractivity contribution >= 4 is 10.8 Å². The Kier molecular flexibility index (Phi) is 5.71. The van der Waals surface area contributed by atoms with E-state index in [1.807, 2.05) is 44.3 Å². The van der Waals surface area contributed by atoms with Gasteiger partial charge >= 0.3 is 0 Å². The molecule has 3 heteroatoms. The van der Waals surface area contributed by atoms with Crippen molar-refractivity contribution < 1.29 is 4.21 Å². The number of benzene rings is 2. The second-order valence-corrected chi connectivity index (χ2v) is 6.99. The zero-order valence-electron chi connectivity index (χ0n) is 12.9. The van der Waals surface area contributed by atoms with Gasteiger partial charge in [-0.3, -0.25) is 4.21 Å². The number of hydrogen-bond donors (Lipinski definition) is 1. The van der Waals surface area contributed by atoms with E-state index in [2.05, 4.69) is 36.5 Å². The minimum atomic E-state index is -1.03. The summed E-state index contributed by atoms with van der Waals surface area (Å²) in [5.41, 5.74) is 2.51. The van der Waals surface area contributed by atoms with E-state index in [1.165, 1.54) is 11.1 Å². The molecule has 21 heavy (non-hydrogen) atoms. The Hall–Kier alpha value is -1.45. The van der Waals surface area contributed by atoms with Gasteiger partial charge in [0.05, 0.1) is 16.0 Å². The summed E-state index contributed by atoms with van der Waals surface area (Å²) < 4.78 is 12.7. The third-order valence-corrected chi connectivity index (χ3v) is 5.52. The van der Waals surface area contributed by atoms with Crippen molar-refractivity contribution in [3.05, 3.63) is 65.7 Å². The average Bonchev–Trinajstić information content (AvgIpc) is 2.56. The second kappa shape index (κ2) is 7.53. The molecule has 3 unspecified atom stereocenters. The van der Waals surface area contributed by atoms with Gasteiger partial charge in [-0.05, 0) is 43.7 Å². The van der Waals surface area contributed by atoms with Crippen LogP contribution in [0.5, 0.6) is 0 Å². The lowest BCUT2D eigenvalue weighted by molar-refractivity contribution is 0.570. The monoisotopic (exact) mass is 301 g/mol. The maximum Gasteiger partial charge on any atom is 0.0577 e. The van der Waals surface area contributed by atoms with Gasteiger partial charge < -0.3 is 5.32 Å². The Bertz CT molecular complexity index is 580. The second-order valence-electron chi connectivity index (χ2n) is 5.18.